The molecule has 2 N–H and O–H groups in total. The van der Waals surface area contributed by atoms with Crippen molar-refractivity contribution in [3.8, 4) is 0 Å². The van der Waals surface area contributed by atoms with Gasteiger partial charge in [-0.1, -0.05) is 36.4 Å². The van der Waals surface area contributed by atoms with Crippen molar-refractivity contribution < 1.29 is 14.3 Å². The highest BCUT2D eigenvalue weighted by Gasteiger charge is 2.49. The third kappa shape index (κ3) is 3.61. The number of fused-ring (bicyclic) bond motifs is 1. The first kappa shape index (κ1) is 19.1. The van der Waals surface area contributed by atoms with Crippen LogP contribution >= 0.6 is 11.3 Å². The van der Waals surface area contributed by atoms with Crippen molar-refractivity contribution >= 4 is 34.2 Å². The van der Waals surface area contributed by atoms with E-state index in [1.54, 1.807) is 6.20 Å². The van der Waals surface area contributed by atoms with E-state index in [2.05, 4.69) is 15.6 Å². The van der Waals surface area contributed by atoms with Gasteiger partial charge in [0.1, 0.15) is 0 Å². The minimum Gasteiger partial charge on any atom is -0.453 e. The van der Waals surface area contributed by atoms with Crippen molar-refractivity contribution in [1.29, 1.82) is 0 Å². The van der Waals surface area contributed by atoms with Gasteiger partial charge in [0.25, 0.3) is 0 Å². The van der Waals surface area contributed by atoms with Crippen LogP contribution < -0.4 is 10.6 Å². The van der Waals surface area contributed by atoms with Gasteiger partial charge in [-0.05, 0) is 42.2 Å². The zero-order chi connectivity index (χ0) is 20.4. The summed E-state index contributed by atoms with van der Waals surface area (Å²) in [5.41, 5.74) is 3.12. The van der Waals surface area contributed by atoms with Gasteiger partial charge in [0, 0.05) is 23.2 Å². The fourth-order valence-electron chi connectivity index (χ4n) is 4.04. The van der Waals surface area contributed by atoms with Gasteiger partial charge in [-0.3, -0.25) is 10.1 Å². The molecule has 3 aromatic rings. The summed E-state index contributed by atoms with van der Waals surface area (Å²) < 4.78 is 4.70. The molecule has 2 amide bonds. The minimum absolute atomic E-state index is 0.0695. The minimum atomic E-state index is -0.695. The quantitative estimate of drug-likeness (QED) is 0.659. The number of ether oxygens (including phenoxy) is 1. The number of benzene rings is 2. The predicted octanol–water partition coefficient (Wildman–Crippen LogP) is 4.65. The molecular formula is C22H21N3O3S. The number of nitrogens with zero attached hydrogens (tertiary/aromatic N) is 1. The number of methoxy groups -OCH3 is 1. The molecule has 0 aliphatic heterocycles. The number of rotatable bonds is 4. The number of nitrogens with one attached hydrogen (secondary N) is 2. The normalized spacial score (nSPS) is 20.0. The van der Waals surface area contributed by atoms with Crippen LogP contribution in [-0.2, 0) is 16.0 Å². The molecule has 0 spiro atoms. The first-order chi connectivity index (χ1) is 14.0. The molecule has 0 bridgehead atoms. The van der Waals surface area contributed by atoms with Crippen LogP contribution in [0.4, 0.5) is 15.6 Å². The summed E-state index contributed by atoms with van der Waals surface area (Å²) in [6.45, 7) is 1.99. The Balaban J connectivity index is 1.75. The van der Waals surface area contributed by atoms with Crippen LogP contribution in [-0.4, -0.2) is 24.1 Å². The number of hydrogen-bond donors (Lipinski definition) is 2. The van der Waals surface area contributed by atoms with Crippen LogP contribution in [0, 0.1) is 5.41 Å². The molecule has 1 heterocycles. The summed E-state index contributed by atoms with van der Waals surface area (Å²) in [5, 5.41) is 8.11. The maximum Gasteiger partial charge on any atom is 0.411 e. The Labute approximate surface area is 172 Å². The number of hydrogen-bond acceptors (Lipinski definition) is 5. The first-order valence-corrected chi connectivity index (χ1v) is 10.1. The van der Waals surface area contributed by atoms with Crippen LogP contribution in [0.25, 0.3) is 0 Å². The Kier molecular flexibility index (Phi) is 5.07. The van der Waals surface area contributed by atoms with Crippen molar-refractivity contribution in [3.63, 3.8) is 0 Å². The second-order valence-electron chi connectivity index (χ2n) is 7.26. The van der Waals surface area contributed by atoms with Gasteiger partial charge in [0.05, 0.1) is 12.5 Å². The summed E-state index contributed by atoms with van der Waals surface area (Å²) >= 11 is 1.40. The molecule has 0 unspecified atom stereocenters. The van der Waals surface area contributed by atoms with Gasteiger partial charge in [-0.15, -0.1) is 11.3 Å². The third-order valence-corrected chi connectivity index (χ3v) is 6.08. The SMILES string of the molecule is COC(=O)Nc1ccc2c(c1)[C@H](c1ccccc1)[C@](C)(C(=O)Nc1nccs1)C2. The monoisotopic (exact) mass is 407 g/mol. The lowest BCUT2D eigenvalue weighted by Crippen LogP contribution is -2.37. The highest BCUT2D eigenvalue weighted by molar-refractivity contribution is 7.13. The summed E-state index contributed by atoms with van der Waals surface area (Å²) in [5.74, 6) is -0.224. The summed E-state index contributed by atoms with van der Waals surface area (Å²) in [4.78, 5) is 29.2. The van der Waals surface area contributed by atoms with E-state index in [9.17, 15) is 9.59 Å². The van der Waals surface area contributed by atoms with E-state index in [1.807, 2.05) is 60.8 Å². The Morgan fingerprint density at radius 2 is 1.97 bits per heavy atom. The van der Waals surface area contributed by atoms with Crippen molar-refractivity contribution in [2.24, 2.45) is 5.41 Å². The lowest BCUT2D eigenvalue weighted by Gasteiger charge is -2.31. The van der Waals surface area contributed by atoms with E-state index >= 15 is 0 Å². The second-order valence-corrected chi connectivity index (χ2v) is 8.15. The highest BCUT2D eigenvalue weighted by Crippen LogP contribution is 2.51. The van der Waals surface area contributed by atoms with Crippen LogP contribution in [0.2, 0.25) is 0 Å². The van der Waals surface area contributed by atoms with Gasteiger partial charge >= 0.3 is 6.09 Å². The number of carbonyl (C=O) groups excluding carboxylic acids is 2. The summed E-state index contributed by atoms with van der Waals surface area (Å²) in [6, 6.07) is 15.7. The molecule has 2 atom stereocenters. The number of carbonyl (C=O) groups is 2. The Hall–Kier alpha value is -3.19. The van der Waals surface area contributed by atoms with Crippen molar-refractivity contribution in [2.75, 3.05) is 17.7 Å². The van der Waals surface area contributed by atoms with Gasteiger partial charge < -0.3 is 10.1 Å². The van der Waals surface area contributed by atoms with Gasteiger partial charge in [-0.25, -0.2) is 9.78 Å². The van der Waals surface area contributed by atoms with Gasteiger partial charge in [0.2, 0.25) is 5.91 Å². The second kappa shape index (κ2) is 7.67. The Morgan fingerprint density at radius 1 is 1.17 bits per heavy atom. The van der Waals surface area contributed by atoms with E-state index in [-0.39, 0.29) is 11.8 Å². The van der Waals surface area contributed by atoms with Crippen LogP contribution in [0.1, 0.15) is 29.5 Å². The zero-order valence-corrected chi connectivity index (χ0v) is 17.0. The van der Waals surface area contributed by atoms with Gasteiger partial charge in [-0.2, -0.15) is 0 Å². The third-order valence-electron chi connectivity index (χ3n) is 5.39. The van der Waals surface area contributed by atoms with Crippen LogP contribution in [0.3, 0.4) is 0 Å². The van der Waals surface area contributed by atoms with E-state index in [1.165, 1.54) is 18.4 Å². The molecule has 6 nitrogen and oxygen atoms in total. The fourth-order valence-corrected chi connectivity index (χ4v) is 4.57. The average Bonchev–Trinajstić information content (AvgIpc) is 3.34. The summed E-state index contributed by atoms with van der Waals surface area (Å²) in [7, 11) is 1.33. The molecule has 148 valence electrons. The molecule has 0 saturated heterocycles. The lowest BCUT2D eigenvalue weighted by atomic mass is 9.73. The van der Waals surface area contributed by atoms with E-state index in [0.29, 0.717) is 17.2 Å². The summed E-state index contributed by atoms with van der Waals surface area (Å²) in [6.07, 6.45) is 1.74. The van der Waals surface area contributed by atoms with Crippen LogP contribution in [0.5, 0.6) is 0 Å². The molecule has 0 fully saturated rings. The largest absolute Gasteiger partial charge is 0.453 e. The molecule has 7 heteroatoms. The molecule has 1 aromatic heterocycles. The molecule has 1 aliphatic rings. The molecule has 4 rings (SSSR count). The van der Waals surface area contributed by atoms with E-state index in [4.69, 9.17) is 4.74 Å². The predicted molar refractivity (Wildman–Crippen MR) is 113 cm³/mol. The number of aromatic nitrogens is 1. The molecule has 1 aliphatic carbocycles. The number of thiazole rings is 1. The molecule has 0 saturated carbocycles. The zero-order valence-electron chi connectivity index (χ0n) is 16.1. The van der Waals surface area contributed by atoms with E-state index in [0.717, 1.165) is 16.7 Å². The molecular weight excluding hydrogens is 386 g/mol. The highest BCUT2D eigenvalue weighted by atomic mass is 32.1. The van der Waals surface area contributed by atoms with E-state index < -0.39 is 11.5 Å². The maximum absolute atomic E-state index is 13.4. The van der Waals surface area contributed by atoms with Crippen molar-refractivity contribution in [2.45, 2.75) is 19.3 Å². The van der Waals surface area contributed by atoms with Crippen molar-refractivity contribution in [1.82, 2.24) is 4.98 Å². The number of anilines is 2. The molecule has 0 radical (unpaired) electrons. The Bertz CT molecular complexity index is 1040. The maximum atomic E-state index is 13.4. The fraction of sp³-hybridized carbons (Fsp3) is 0.227. The Morgan fingerprint density at radius 3 is 2.66 bits per heavy atom. The lowest BCUT2D eigenvalue weighted by molar-refractivity contribution is -0.125. The number of amides is 2. The standard InChI is InChI=1S/C22H21N3O3S/c1-22(19(26)25-20-23-10-11-29-20)13-15-8-9-16(24-21(27)28-2)12-17(15)18(22)14-6-4-3-5-7-14/h3-12,18H,13H2,1-2H3,(H,24,27)(H,23,25,26)/t18-,22+/m0/s1. The average molecular weight is 407 g/mol. The molecule has 2 aromatic carbocycles. The van der Waals surface area contributed by atoms with Gasteiger partial charge in [0.15, 0.2) is 5.13 Å². The van der Waals surface area contributed by atoms with Crippen LogP contribution in [0.15, 0.2) is 60.1 Å². The molecule has 29 heavy (non-hydrogen) atoms. The van der Waals surface area contributed by atoms with Crippen molar-refractivity contribution in [3.05, 3.63) is 76.8 Å². The smallest absolute Gasteiger partial charge is 0.411 e. The topological polar surface area (TPSA) is 80.3 Å². The first-order valence-electron chi connectivity index (χ1n) is 9.25.